The van der Waals surface area contributed by atoms with Crippen LogP contribution in [0, 0.1) is 6.92 Å². The Morgan fingerprint density at radius 1 is 1.19 bits per heavy atom. The van der Waals surface area contributed by atoms with Crippen LogP contribution in [0.3, 0.4) is 0 Å². The summed E-state index contributed by atoms with van der Waals surface area (Å²) in [6.45, 7) is 4.22. The summed E-state index contributed by atoms with van der Waals surface area (Å²) in [4.78, 5) is 12.0. The molecule has 2 aromatic rings. The molecule has 0 aliphatic carbocycles. The first kappa shape index (κ1) is 15.5. The van der Waals surface area contributed by atoms with Crippen LogP contribution in [-0.2, 0) is 4.79 Å². The third kappa shape index (κ3) is 4.59. The van der Waals surface area contributed by atoms with E-state index in [1.165, 1.54) is 0 Å². The van der Waals surface area contributed by atoms with Crippen LogP contribution in [-0.4, -0.2) is 12.5 Å². The Labute approximate surface area is 130 Å². The summed E-state index contributed by atoms with van der Waals surface area (Å²) in [5.41, 5.74) is 2.90. The second-order valence-electron chi connectivity index (χ2n) is 5.02. The van der Waals surface area contributed by atoms with Crippen LogP contribution < -0.4 is 10.6 Å². The number of rotatable bonds is 5. The van der Waals surface area contributed by atoms with Gasteiger partial charge in [-0.1, -0.05) is 48.0 Å². The van der Waals surface area contributed by atoms with Crippen molar-refractivity contribution in [1.82, 2.24) is 5.32 Å². The molecule has 0 aromatic heterocycles. The van der Waals surface area contributed by atoms with Crippen molar-refractivity contribution in [3.8, 4) is 0 Å². The number of carbonyl (C=O) groups excluding carboxylic acids is 1. The van der Waals surface area contributed by atoms with Crippen LogP contribution in [0.25, 0.3) is 0 Å². The molecule has 0 heterocycles. The van der Waals surface area contributed by atoms with Crippen molar-refractivity contribution in [1.29, 1.82) is 0 Å². The summed E-state index contributed by atoms with van der Waals surface area (Å²) in [7, 11) is 0. The van der Waals surface area contributed by atoms with Crippen molar-refractivity contribution < 1.29 is 4.79 Å². The highest BCUT2D eigenvalue weighted by Gasteiger charge is 2.08. The van der Waals surface area contributed by atoms with Gasteiger partial charge in [-0.15, -0.1) is 0 Å². The largest absolute Gasteiger partial charge is 0.325 e. The van der Waals surface area contributed by atoms with Gasteiger partial charge in [0.15, 0.2) is 0 Å². The number of amides is 1. The molecule has 4 heteroatoms. The molecule has 1 amide bonds. The van der Waals surface area contributed by atoms with Crippen LogP contribution >= 0.6 is 11.6 Å². The number of aryl methyl sites for hydroxylation is 1. The molecule has 0 saturated heterocycles. The smallest absolute Gasteiger partial charge is 0.238 e. The van der Waals surface area contributed by atoms with Crippen molar-refractivity contribution >= 4 is 23.2 Å². The Bertz CT molecular complexity index is 613. The summed E-state index contributed by atoms with van der Waals surface area (Å²) in [6.07, 6.45) is 0. The molecule has 3 nitrogen and oxygen atoms in total. The molecule has 110 valence electrons. The number of carbonyl (C=O) groups is 1. The lowest BCUT2D eigenvalue weighted by molar-refractivity contribution is -0.115. The molecular formula is C17H19ClN2O. The minimum atomic E-state index is -0.0804. The van der Waals surface area contributed by atoms with Gasteiger partial charge in [-0.05, 0) is 37.1 Å². The fourth-order valence-corrected chi connectivity index (χ4v) is 2.20. The van der Waals surface area contributed by atoms with E-state index < -0.39 is 0 Å². The zero-order chi connectivity index (χ0) is 15.2. The number of hydrogen-bond acceptors (Lipinski definition) is 2. The van der Waals surface area contributed by atoms with Gasteiger partial charge in [-0.2, -0.15) is 0 Å². The lowest BCUT2D eigenvalue weighted by Gasteiger charge is -2.14. The maximum absolute atomic E-state index is 12.0. The first-order valence-electron chi connectivity index (χ1n) is 6.90. The Morgan fingerprint density at radius 2 is 1.90 bits per heavy atom. The third-order valence-electron chi connectivity index (χ3n) is 3.34. The van der Waals surface area contributed by atoms with Crippen LogP contribution in [0.2, 0.25) is 5.02 Å². The van der Waals surface area contributed by atoms with Crippen molar-refractivity contribution in [2.75, 3.05) is 11.9 Å². The lowest BCUT2D eigenvalue weighted by atomic mass is 10.1. The van der Waals surface area contributed by atoms with Gasteiger partial charge in [0, 0.05) is 16.8 Å². The summed E-state index contributed by atoms with van der Waals surface area (Å²) < 4.78 is 0. The average molecular weight is 303 g/mol. The zero-order valence-corrected chi connectivity index (χ0v) is 12.9. The van der Waals surface area contributed by atoms with Crippen molar-refractivity contribution in [2.24, 2.45) is 0 Å². The maximum atomic E-state index is 12.0. The highest BCUT2D eigenvalue weighted by atomic mass is 35.5. The number of hydrogen-bond donors (Lipinski definition) is 2. The van der Waals surface area contributed by atoms with E-state index in [9.17, 15) is 4.79 Å². The van der Waals surface area contributed by atoms with Gasteiger partial charge in [0.05, 0.1) is 6.54 Å². The molecule has 2 aromatic carbocycles. The Morgan fingerprint density at radius 3 is 2.62 bits per heavy atom. The molecule has 2 N–H and O–H groups in total. The molecule has 0 fully saturated rings. The summed E-state index contributed by atoms with van der Waals surface area (Å²) >= 11 is 5.94. The fraction of sp³-hybridized carbons (Fsp3) is 0.235. The van der Waals surface area contributed by atoms with Crippen molar-refractivity contribution in [3.63, 3.8) is 0 Å². The fourth-order valence-electron chi connectivity index (χ4n) is 2.03. The molecule has 21 heavy (non-hydrogen) atoms. The first-order chi connectivity index (χ1) is 10.1. The quantitative estimate of drug-likeness (QED) is 0.878. The van der Waals surface area contributed by atoms with E-state index in [0.717, 1.165) is 16.8 Å². The van der Waals surface area contributed by atoms with Gasteiger partial charge >= 0.3 is 0 Å². The molecule has 0 saturated carbocycles. The molecule has 0 unspecified atom stereocenters. The molecule has 0 radical (unpaired) electrons. The molecule has 1 atom stereocenters. The Hall–Kier alpha value is -1.84. The van der Waals surface area contributed by atoms with E-state index in [0.29, 0.717) is 5.02 Å². The SMILES string of the molecule is Cc1ccc(Cl)cc1NC(=O)CN[C@H](C)c1ccccc1. The summed E-state index contributed by atoms with van der Waals surface area (Å²) in [6, 6.07) is 15.6. The third-order valence-corrected chi connectivity index (χ3v) is 3.58. The van der Waals surface area contributed by atoms with E-state index in [1.54, 1.807) is 6.07 Å². The van der Waals surface area contributed by atoms with Crippen LogP contribution in [0.1, 0.15) is 24.1 Å². The average Bonchev–Trinajstić information content (AvgIpc) is 2.49. The number of halogens is 1. The predicted octanol–water partition coefficient (Wildman–Crippen LogP) is 3.94. The summed E-state index contributed by atoms with van der Waals surface area (Å²) in [5, 5.41) is 6.69. The minimum Gasteiger partial charge on any atom is -0.325 e. The molecular weight excluding hydrogens is 284 g/mol. The molecule has 0 bridgehead atoms. The van der Waals surface area contributed by atoms with Crippen LogP contribution in [0.5, 0.6) is 0 Å². The predicted molar refractivity (Wildman–Crippen MR) is 87.7 cm³/mol. The summed E-state index contributed by atoms with van der Waals surface area (Å²) in [5.74, 6) is -0.0804. The van der Waals surface area contributed by atoms with Gasteiger partial charge in [0.2, 0.25) is 5.91 Å². The standard InChI is InChI=1S/C17H19ClN2O/c1-12-8-9-15(18)10-16(12)20-17(21)11-19-13(2)14-6-4-3-5-7-14/h3-10,13,19H,11H2,1-2H3,(H,20,21)/t13-/m1/s1. The normalized spacial score (nSPS) is 12.0. The van der Waals surface area contributed by atoms with Crippen molar-refractivity contribution in [3.05, 3.63) is 64.7 Å². The van der Waals surface area contributed by atoms with E-state index >= 15 is 0 Å². The first-order valence-corrected chi connectivity index (χ1v) is 7.28. The van der Waals surface area contributed by atoms with E-state index in [2.05, 4.69) is 10.6 Å². The Kier molecular flexibility index (Phi) is 5.37. The highest BCUT2D eigenvalue weighted by Crippen LogP contribution is 2.20. The van der Waals surface area contributed by atoms with E-state index in [-0.39, 0.29) is 18.5 Å². The maximum Gasteiger partial charge on any atom is 0.238 e. The number of anilines is 1. The number of benzene rings is 2. The molecule has 0 aliphatic rings. The van der Waals surface area contributed by atoms with Gasteiger partial charge in [0.25, 0.3) is 0 Å². The highest BCUT2D eigenvalue weighted by molar-refractivity contribution is 6.31. The zero-order valence-electron chi connectivity index (χ0n) is 12.2. The topological polar surface area (TPSA) is 41.1 Å². The second kappa shape index (κ2) is 7.25. The Balaban J connectivity index is 1.89. The van der Waals surface area contributed by atoms with Gasteiger partial charge in [-0.25, -0.2) is 0 Å². The van der Waals surface area contributed by atoms with Gasteiger partial charge in [-0.3, -0.25) is 4.79 Å². The van der Waals surface area contributed by atoms with Gasteiger partial charge in [0.1, 0.15) is 0 Å². The molecule has 0 aliphatic heterocycles. The van der Waals surface area contributed by atoms with E-state index in [4.69, 9.17) is 11.6 Å². The van der Waals surface area contributed by atoms with Gasteiger partial charge < -0.3 is 10.6 Å². The second-order valence-corrected chi connectivity index (χ2v) is 5.46. The monoisotopic (exact) mass is 302 g/mol. The van der Waals surface area contributed by atoms with Crippen LogP contribution in [0.15, 0.2) is 48.5 Å². The number of nitrogens with one attached hydrogen (secondary N) is 2. The van der Waals surface area contributed by atoms with E-state index in [1.807, 2.05) is 56.3 Å². The van der Waals surface area contributed by atoms with Crippen LogP contribution in [0.4, 0.5) is 5.69 Å². The molecule has 0 spiro atoms. The lowest BCUT2D eigenvalue weighted by Crippen LogP contribution is -2.30. The van der Waals surface area contributed by atoms with Crippen molar-refractivity contribution in [2.45, 2.75) is 19.9 Å². The minimum absolute atomic E-state index is 0.0804. The molecule has 2 rings (SSSR count).